The molecule has 4 fully saturated rings. The van der Waals surface area contributed by atoms with Gasteiger partial charge in [0.1, 0.15) is 6.10 Å². The first-order valence-corrected chi connectivity index (χ1v) is 13.4. The zero-order valence-electron chi connectivity index (χ0n) is 21.6. The average Bonchev–Trinajstić information content (AvgIpc) is 3.29. The summed E-state index contributed by atoms with van der Waals surface area (Å²) in [7, 11) is 0. The SMILES string of the molecule is C=C1/C(=C/C=C2/CCC[C@]3(C)[C@@H](C(C)CC4OC(=O)C(=C)C4CC)CC[C@@H]23)CC(O)C(C)C1O. The van der Waals surface area contributed by atoms with E-state index in [1.807, 2.05) is 6.92 Å². The maximum atomic E-state index is 12.1. The van der Waals surface area contributed by atoms with Gasteiger partial charge in [-0.3, -0.25) is 0 Å². The van der Waals surface area contributed by atoms with Crippen LogP contribution in [0.5, 0.6) is 0 Å². The molecule has 0 bridgehead atoms. The predicted octanol–water partition coefficient (Wildman–Crippen LogP) is 5.91. The second kappa shape index (κ2) is 9.78. The van der Waals surface area contributed by atoms with Crippen molar-refractivity contribution < 1.29 is 19.7 Å². The van der Waals surface area contributed by atoms with E-state index >= 15 is 0 Å². The van der Waals surface area contributed by atoms with Crippen molar-refractivity contribution in [1.29, 1.82) is 0 Å². The minimum absolute atomic E-state index is 0.0245. The highest BCUT2D eigenvalue weighted by Gasteiger charge is 2.51. The Kier molecular flexibility index (Phi) is 7.32. The molecule has 0 aromatic heterocycles. The fourth-order valence-electron chi connectivity index (χ4n) is 7.78. The summed E-state index contributed by atoms with van der Waals surface area (Å²) in [5.74, 6) is 1.47. The van der Waals surface area contributed by atoms with Crippen LogP contribution >= 0.6 is 0 Å². The zero-order chi connectivity index (χ0) is 24.8. The molecule has 2 N–H and O–H groups in total. The van der Waals surface area contributed by atoms with Crippen molar-refractivity contribution in [2.45, 2.75) is 97.4 Å². The molecule has 1 aliphatic heterocycles. The highest BCUT2D eigenvalue weighted by molar-refractivity contribution is 5.90. The van der Waals surface area contributed by atoms with Crippen molar-refractivity contribution in [3.63, 3.8) is 0 Å². The van der Waals surface area contributed by atoms with Crippen LogP contribution in [0.1, 0.15) is 79.1 Å². The van der Waals surface area contributed by atoms with Crippen LogP contribution in [0.2, 0.25) is 0 Å². The van der Waals surface area contributed by atoms with E-state index in [1.54, 1.807) is 0 Å². The lowest BCUT2D eigenvalue weighted by atomic mass is 9.60. The van der Waals surface area contributed by atoms with E-state index in [0.29, 0.717) is 29.7 Å². The smallest absolute Gasteiger partial charge is 0.334 e. The number of hydrogen-bond acceptors (Lipinski definition) is 4. The summed E-state index contributed by atoms with van der Waals surface area (Å²) in [6, 6.07) is 0. The summed E-state index contributed by atoms with van der Waals surface area (Å²) in [6.07, 6.45) is 11.6. The zero-order valence-corrected chi connectivity index (χ0v) is 21.6. The number of esters is 1. The first-order valence-electron chi connectivity index (χ1n) is 13.4. The fourth-order valence-corrected chi connectivity index (χ4v) is 7.78. The van der Waals surface area contributed by atoms with Gasteiger partial charge in [-0.15, -0.1) is 0 Å². The number of aliphatic hydroxyl groups excluding tert-OH is 2. The van der Waals surface area contributed by atoms with E-state index in [-0.39, 0.29) is 29.3 Å². The molecule has 34 heavy (non-hydrogen) atoms. The molecule has 9 atom stereocenters. The number of rotatable bonds is 5. The Morgan fingerprint density at radius 1 is 1.21 bits per heavy atom. The predicted molar refractivity (Wildman–Crippen MR) is 136 cm³/mol. The van der Waals surface area contributed by atoms with Crippen molar-refractivity contribution in [3.05, 3.63) is 47.6 Å². The Labute approximate surface area is 205 Å². The van der Waals surface area contributed by atoms with Crippen molar-refractivity contribution in [2.24, 2.45) is 35.0 Å². The third kappa shape index (κ3) is 4.37. The Balaban J connectivity index is 1.49. The number of cyclic esters (lactones) is 1. The molecule has 188 valence electrons. The molecule has 0 amide bonds. The van der Waals surface area contributed by atoms with Crippen LogP contribution in [-0.2, 0) is 9.53 Å². The molecule has 0 spiro atoms. The van der Waals surface area contributed by atoms with Crippen molar-refractivity contribution in [1.82, 2.24) is 0 Å². The van der Waals surface area contributed by atoms with Gasteiger partial charge in [-0.05, 0) is 85.7 Å². The molecule has 1 saturated heterocycles. The first kappa shape index (κ1) is 25.4. The van der Waals surface area contributed by atoms with Gasteiger partial charge in [-0.2, -0.15) is 0 Å². The lowest BCUT2D eigenvalue weighted by Crippen LogP contribution is -2.37. The lowest BCUT2D eigenvalue weighted by molar-refractivity contribution is -0.140. The number of carbonyl (C=O) groups excluding carboxylic acids is 1. The molecule has 4 heteroatoms. The van der Waals surface area contributed by atoms with E-state index in [9.17, 15) is 15.0 Å². The Morgan fingerprint density at radius 2 is 1.94 bits per heavy atom. The molecule has 4 rings (SSSR count). The molecule has 4 nitrogen and oxygen atoms in total. The van der Waals surface area contributed by atoms with Crippen LogP contribution in [0.3, 0.4) is 0 Å². The van der Waals surface area contributed by atoms with Crippen LogP contribution < -0.4 is 0 Å². The number of aliphatic hydroxyl groups is 2. The monoisotopic (exact) mass is 468 g/mol. The van der Waals surface area contributed by atoms with Crippen LogP contribution in [0.15, 0.2) is 47.6 Å². The van der Waals surface area contributed by atoms with Crippen LogP contribution in [0, 0.1) is 35.0 Å². The number of ether oxygens (including phenoxy) is 1. The highest BCUT2D eigenvalue weighted by Crippen LogP contribution is 2.60. The lowest BCUT2D eigenvalue weighted by Gasteiger charge is -2.45. The van der Waals surface area contributed by atoms with E-state index < -0.39 is 12.2 Å². The Bertz CT molecular complexity index is 897. The second-order valence-corrected chi connectivity index (χ2v) is 11.8. The van der Waals surface area contributed by atoms with Gasteiger partial charge in [0.05, 0.1) is 12.2 Å². The summed E-state index contributed by atoms with van der Waals surface area (Å²) in [4.78, 5) is 12.1. The molecule has 0 aromatic carbocycles. The van der Waals surface area contributed by atoms with E-state index in [4.69, 9.17) is 4.74 Å². The number of carbonyl (C=O) groups is 1. The van der Waals surface area contributed by atoms with Gasteiger partial charge in [0.15, 0.2) is 0 Å². The van der Waals surface area contributed by atoms with Crippen molar-refractivity contribution in [2.75, 3.05) is 0 Å². The second-order valence-electron chi connectivity index (χ2n) is 11.8. The van der Waals surface area contributed by atoms with Crippen LogP contribution in [0.4, 0.5) is 0 Å². The third-order valence-corrected chi connectivity index (χ3v) is 9.99. The minimum Gasteiger partial charge on any atom is -0.458 e. The van der Waals surface area contributed by atoms with Crippen molar-refractivity contribution >= 4 is 5.97 Å². The number of hydrogen-bond donors (Lipinski definition) is 2. The summed E-state index contributed by atoms with van der Waals surface area (Å²) < 4.78 is 5.73. The summed E-state index contributed by atoms with van der Waals surface area (Å²) in [5, 5.41) is 20.8. The number of allylic oxidation sites excluding steroid dienone is 3. The third-order valence-electron chi connectivity index (χ3n) is 9.99. The molecule has 3 aliphatic carbocycles. The van der Waals surface area contributed by atoms with E-state index in [2.05, 4.69) is 46.1 Å². The van der Waals surface area contributed by atoms with Gasteiger partial charge in [0, 0.05) is 17.4 Å². The van der Waals surface area contributed by atoms with Crippen LogP contribution in [0.25, 0.3) is 0 Å². The van der Waals surface area contributed by atoms with E-state index in [1.165, 1.54) is 31.3 Å². The summed E-state index contributed by atoms with van der Waals surface area (Å²) in [6.45, 7) is 16.9. The molecule has 0 aromatic rings. The van der Waals surface area contributed by atoms with Gasteiger partial charge < -0.3 is 14.9 Å². The molecule has 3 saturated carbocycles. The Morgan fingerprint density at radius 3 is 2.65 bits per heavy atom. The average molecular weight is 469 g/mol. The molecule has 0 radical (unpaired) electrons. The molecular weight excluding hydrogens is 424 g/mol. The Hall–Kier alpha value is -1.65. The topological polar surface area (TPSA) is 66.8 Å². The van der Waals surface area contributed by atoms with E-state index in [0.717, 1.165) is 30.4 Å². The quantitative estimate of drug-likeness (QED) is 0.389. The molecule has 4 aliphatic rings. The largest absolute Gasteiger partial charge is 0.458 e. The molecule has 6 unspecified atom stereocenters. The van der Waals surface area contributed by atoms with Crippen molar-refractivity contribution in [3.8, 4) is 0 Å². The van der Waals surface area contributed by atoms with Crippen LogP contribution in [-0.4, -0.2) is 34.5 Å². The molecule has 1 heterocycles. The summed E-state index contributed by atoms with van der Waals surface area (Å²) >= 11 is 0. The van der Waals surface area contributed by atoms with Gasteiger partial charge in [0.2, 0.25) is 0 Å². The standard InChI is InChI=1S/C30H44O4/c1-7-23-19(4)29(33)34-27(23)15-17(2)24-12-13-25-21(9-8-14-30(24,25)6)10-11-22-16-26(31)20(5)28(32)18(22)3/h10-11,17,20,23-28,31-32H,3-4,7-9,12-16H2,1-2,5-6H3/b21-10-,22-11+/t17?,20?,23?,24-,25+,26?,27?,28?,30-/m1/s1. The maximum Gasteiger partial charge on any atom is 0.334 e. The van der Waals surface area contributed by atoms with Gasteiger partial charge in [-0.25, -0.2) is 4.79 Å². The normalized spacial score (nSPS) is 43.9. The number of fused-ring (bicyclic) bond motifs is 1. The molecular formula is C30H44O4. The minimum atomic E-state index is -0.672. The summed E-state index contributed by atoms with van der Waals surface area (Å²) in [5.41, 5.74) is 4.16. The maximum absolute atomic E-state index is 12.1. The highest BCUT2D eigenvalue weighted by atomic mass is 16.6. The first-order chi connectivity index (χ1) is 16.1. The van der Waals surface area contributed by atoms with Gasteiger partial charge in [-0.1, -0.05) is 58.6 Å². The fraction of sp³-hybridized carbons (Fsp3) is 0.700. The van der Waals surface area contributed by atoms with Gasteiger partial charge in [0.25, 0.3) is 0 Å². The van der Waals surface area contributed by atoms with Gasteiger partial charge >= 0.3 is 5.97 Å².